The minimum absolute atomic E-state index is 0.00376. The summed E-state index contributed by atoms with van der Waals surface area (Å²) < 4.78 is 131. The van der Waals surface area contributed by atoms with Gasteiger partial charge in [-0.25, -0.2) is 9.80 Å². The Morgan fingerprint density at radius 2 is 0.962 bits per heavy atom. The highest BCUT2D eigenvalue weighted by Crippen LogP contribution is 2.57. The molecule has 4 amide bonds. The molecule has 52 heavy (non-hydrogen) atoms. The number of fused-ring (bicyclic) bond motifs is 2. The number of alkyl halides is 9. The highest BCUT2D eigenvalue weighted by molar-refractivity contribution is 6.35. The van der Waals surface area contributed by atoms with Crippen LogP contribution in [0.15, 0.2) is 72.8 Å². The van der Waals surface area contributed by atoms with E-state index in [4.69, 9.17) is 0 Å². The highest BCUT2D eigenvalue weighted by Gasteiger charge is 2.73. The Labute approximate surface area is 285 Å². The molecule has 4 aromatic rings. The largest absolute Gasteiger partial charge is 0.416 e. The average molecular weight is 736 g/mol. The van der Waals surface area contributed by atoms with Crippen LogP contribution in [-0.2, 0) is 11.6 Å². The molecular formula is C34H18F9N3O6. The summed E-state index contributed by atoms with van der Waals surface area (Å²) in [6.07, 6.45) is -17.7. The van der Waals surface area contributed by atoms with Crippen molar-refractivity contribution < 1.29 is 63.6 Å². The zero-order valence-electron chi connectivity index (χ0n) is 26.1. The number of halogens is 9. The first-order chi connectivity index (χ1) is 24.0. The molecule has 6 rings (SSSR count). The minimum Gasteiger partial charge on any atom is -0.268 e. The number of anilines is 2. The molecule has 2 heterocycles. The Morgan fingerprint density at radius 3 is 1.38 bits per heavy atom. The normalized spacial score (nSPS) is 15.1. The van der Waals surface area contributed by atoms with Gasteiger partial charge >= 0.3 is 18.5 Å². The molecule has 0 fully saturated rings. The van der Waals surface area contributed by atoms with E-state index in [1.54, 1.807) is 13.0 Å². The van der Waals surface area contributed by atoms with Gasteiger partial charge in [-0.2, -0.15) is 39.5 Å². The maximum absolute atomic E-state index is 15.1. The third-order valence-corrected chi connectivity index (χ3v) is 8.82. The predicted octanol–water partition coefficient (Wildman–Crippen LogP) is 8.24. The van der Waals surface area contributed by atoms with E-state index in [9.17, 15) is 42.5 Å². The van der Waals surface area contributed by atoms with Crippen LogP contribution in [0, 0.1) is 24.0 Å². The molecule has 268 valence electrons. The van der Waals surface area contributed by atoms with E-state index < -0.39 is 103 Å². The van der Waals surface area contributed by atoms with Crippen molar-refractivity contribution in [2.45, 2.75) is 37.8 Å². The number of aryl methyl sites for hydroxylation is 2. The van der Waals surface area contributed by atoms with Crippen molar-refractivity contribution in [2.24, 2.45) is 0 Å². The lowest BCUT2D eigenvalue weighted by Gasteiger charge is -2.38. The number of nitro benzene ring substituents is 1. The van der Waals surface area contributed by atoms with Gasteiger partial charge in [-0.15, -0.1) is 0 Å². The van der Waals surface area contributed by atoms with Crippen molar-refractivity contribution >= 4 is 40.7 Å². The molecule has 2 aliphatic rings. The van der Waals surface area contributed by atoms with Crippen LogP contribution in [0.4, 0.5) is 56.6 Å². The SMILES string of the molecule is Cc1ccc(N2C(=O)c3ccc(C(c4ccc5c(c4)C(=O)N(c4ccc(C(F)(F)F)cc4[N+](=O)[O-])C5=O)(C(F)(F)F)C(F)(F)F)cc3C2=O)c(C)c1. The number of hydrogen-bond acceptors (Lipinski definition) is 6. The van der Waals surface area contributed by atoms with Gasteiger partial charge in [0.05, 0.1) is 38.4 Å². The second-order valence-corrected chi connectivity index (χ2v) is 11.9. The maximum Gasteiger partial charge on any atom is 0.416 e. The summed E-state index contributed by atoms with van der Waals surface area (Å²) in [5.74, 6) is -5.37. The molecule has 18 heteroatoms. The first-order valence-electron chi connectivity index (χ1n) is 14.6. The Bertz CT molecular complexity index is 2260. The Morgan fingerprint density at radius 1 is 0.538 bits per heavy atom. The van der Waals surface area contributed by atoms with Gasteiger partial charge in [-0.1, -0.05) is 29.8 Å². The molecule has 0 atom stereocenters. The Kier molecular flexibility index (Phi) is 7.89. The van der Waals surface area contributed by atoms with Gasteiger partial charge in [0.25, 0.3) is 29.3 Å². The minimum atomic E-state index is -6.27. The van der Waals surface area contributed by atoms with E-state index in [0.29, 0.717) is 34.7 Å². The van der Waals surface area contributed by atoms with Crippen molar-refractivity contribution in [1.82, 2.24) is 0 Å². The van der Waals surface area contributed by atoms with Crippen LogP contribution in [0.5, 0.6) is 0 Å². The van der Waals surface area contributed by atoms with E-state index >= 15 is 26.3 Å². The summed E-state index contributed by atoms with van der Waals surface area (Å²) in [5, 5.41) is 11.7. The number of carbonyl (C=O) groups excluding carboxylic acids is 4. The molecule has 0 unspecified atom stereocenters. The Balaban J connectivity index is 1.51. The van der Waals surface area contributed by atoms with Crippen LogP contribution in [0.25, 0.3) is 0 Å². The molecule has 9 nitrogen and oxygen atoms in total. The van der Waals surface area contributed by atoms with Gasteiger partial charge < -0.3 is 0 Å². The van der Waals surface area contributed by atoms with Crippen LogP contribution >= 0.6 is 0 Å². The van der Waals surface area contributed by atoms with Gasteiger partial charge in [0, 0.05) is 6.07 Å². The van der Waals surface area contributed by atoms with Crippen molar-refractivity contribution in [1.29, 1.82) is 0 Å². The summed E-state index contributed by atoms with van der Waals surface area (Å²) >= 11 is 0. The zero-order valence-corrected chi connectivity index (χ0v) is 26.1. The number of benzene rings is 4. The first kappa shape index (κ1) is 35.7. The fourth-order valence-electron chi connectivity index (χ4n) is 6.46. The maximum atomic E-state index is 15.1. The van der Waals surface area contributed by atoms with E-state index in [-0.39, 0.29) is 40.9 Å². The van der Waals surface area contributed by atoms with Crippen molar-refractivity contribution in [2.75, 3.05) is 9.80 Å². The number of rotatable bonds is 5. The van der Waals surface area contributed by atoms with Crippen molar-refractivity contribution in [3.8, 4) is 0 Å². The fourth-order valence-corrected chi connectivity index (χ4v) is 6.46. The topological polar surface area (TPSA) is 118 Å². The number of hydrogen-bond donors (Lipinski definition) is 0. The molecule has 0 aliphatic carbocycles. The molecule has 0 aromatic heterocycles. The number of carbonyl (C=O) groups is 4. The van der Waals surface area contributed by atoms with Crippen LogP contribution in [0.3, 0.4) is 0 Å². The van der Waals surface area contributed by atoms with Gasteiger partial charge in [-0.05, 0) is 73.0 Å². The number of nitrogens with zero attached hydrogens (tertiary/aromatic N) is 3. The summed E-state index contributed by atoms with van der Waals surface area (Å²) in [7, 11) is 0. The quantitative estimate of drug-likeness (QED) is 0.0882. The summed E-state index contributed by atoms with van der Waals surface area (Å²) in [6, 6.07) is 7.26. The standard InChI is InChI=1S/C34H18F9N3O6/c1-15-3-9-24(16(2)11-15)44-27(47)20-7-4-17(12-22(20)29(44)49)31(33(38,39)40,34(41,42)43)18-5-8-21-23(13-18)30(50)45(28(21)48)25-10-6-19(32(35,36)37)14-26(25)46(51)52/h3-14H,1-2H3. The summed E-state index contributed by atoms with van der Waals surface area (Å²) in [6.45, 7) is 3.24. The third kappa shape index (κ3) is 5.11. The highest BCUT2D eigenvalue weighted by atomic mass is 19.4. The molecule has 0 saturated carbocycles. The zero-order chi connectivity index (χ0) is 38.5. The van der Waals surface area contributed by atoms with Crippen LogP contribution in [0.1, 0.15) is 69.2 Å². The third-order valence-electron chi connectivity index (χ3n) is 8.82. The number of imide groups is 2. The predicted molar refractivity (Wildman–Crippen MR) is 162 cm³/mol. The molecule has 0 saturated heterocycles. The smallest absolute Gasteiger partial charge is 0.268 e. The lowest BCUT2D eigenvalue weighted by molar-refractivity contribution is -0.384. The number of amides is 4. The summed E-state index contributed by atoms with van der Waals surface area (Å²) in [5.41, 5.74) is -14.2. The van der Waals surface area contributed by atoms with Gasteiger partial charge in [0.2, 0.25) is 5.41 Å². The Hall–Kier alpha value is -6.07. The van der Waals surface area contributed by atoms with E-state index in [2.05, 4.69) is 0 Å². The fraction of sp³-hybridized carbons (Fsp3) is 0.176. The van der Waals surface area contributed by atoms with Gasteiger partial charge in [0.1, 0.15) is 5.69 Å². The van der Waals surface area contributed by atoms with E-state index in [1.807, 2.05) is 0 Å². The lowest BCUT2D eigenvalue weighted by Crippen LogP contribution is -2.55. The lowest BCUT2D eigenvalue weighted by atomic mass is 9.71. The number of nitro groups is 1. The average Bonchev–Trinajstić information content (AvgIpc) is 3.42. The second-order valence-electron chi connectivity index (χ2n) is 11.9. The van der Waals surface area contributed by atoms with E-state index in [0.717, 1.165) is 5.56 Å². The van der Waals surface area contributed by atoms with E-state index in [1.165, 1.54) is 19.1 Å². The molecule has 0 N–H and O–H groups in total. The van der Waals surface area contributed by atoms with Gasteiger partial charge in [-0.3, -0.25) is 29.3 Å². The first-order valence-corrected chi connectivity index (χ1v) is 14.6. The molecule has 0 radical (unpaired) electrons. The molecule has 0 bridgehead atoms. The van der Waals surface area contributed by atoms with Crippen LogP contribution < -0.4 is 9.80 Å². The van der Waals surface area contributed by atoms with Gasteiger partial charge in [0.15, 0.2) is 0 Å². The molecule has 0 spiro atoms. The van der Waals surface area contributed by atoms with Crippen molar-refractivity contribution in [3.05, 3.63) is 133 Å². The molecule has 2 aliphatic heterocycles. The molecular weight excluding hydrogens is 717 g/mol. The molecule has 4 aromatic carbocycles. The van der Waals surface area contributed by atoms with Crippen molar-refractivity contribution in [3.63, 3.8) is 0 Å². The van der Waals surface area contributed by atoms with Crippen LogP contribution in [0.2, 0.25) is 0 Å². The monoisotopic (exact) mass is 735 g/mol. The second kappa shape index (κ2) is 11.5. The summed E-state index contributed by atoms with van der Waals surface area (Å²) in [4.78, 5) is 64.2. The van der Waals surface area contributed by atoms with Crippen LogP contribution in [-0.4, -0.2) is 40.9 Å².